The number of carbonyl (C=O) groups excluding carboxylic acids is 1. The topological polar surface area (TPSA) is 55.6 Å². The number of benzene rings is 2. The number of hydrogen-bond acceptors (Lipinski definition) is 3. The zero-order valence-electron chi connectivity index (χ0n) is 13.1. The Morgan fingerprint density at radius 3 is 2.74 bits per heavy atom. The maximum absolute atomic E-state index is 12.8. The number of ether oxygens (including phenoxy) is 1. The minimum atomic E-state index is 0. The number of nitrogens with two attached hydrogens (primary N) is 1. The summed E-state index contributed by atoms with van der Waals surface area (Å²) in [7, 11) is 1.66. The third-order valence-electron chi connectivity index (χ3n) is 4.15. The molecule has 1 aliphatic rings. The third-order valence-corrected chi connectivity index (χ3v) is 4.15. The second-order valence-corrected chi connectivity index (χ2v) is 5.52. The number of nitrogen functional groups attached to an aromatic ring is 1. The minimum Gasteiger partial charge on any atom is -0.496 e. The molecular weight excluding hydrogens is 312 g/mol. The van der Waals surface area contributed by atoms with Crippen LogP contribution in [0.15, 0.2) is 48.5 Å². The Balaban J connectivity index is 0.00000192. The van der Waals surface area contributed by atoms with Crippen LogP contribution in [0.1, 0.15) is 34.8 Å². The first-order chi connectivity index (χ1) is 10.7. The van der Waals surface area contributed by atoms with Crippen molar-refractivity contribution in [3.8, 4) is 5.75 Å². The van der Waals surface area contributed by atoms with Crippen molar-refractivity contribution in [2.75, 3.05) is 19.4 Å². The molecule has 0 radical (unpaired) electrons. The van der Waals surface area contributed by atoms with Crippen molar-refractivity contribution in [1.29, 1.82) is 0 Å². The minimum absolute atomic E-state index is 0. The molecule has 1 atom stereocenters. The smallest absolute Gasteiger partial charge is 0.254 e. The largest absolute Gasteiger partial charge is 0.496 e. The molecule has 23 heavy (non-hydrogen) atoms. The first kappa shape index (κ1) is 17.2. The molecule has 1 unspecified atom stereocenters. The van der Waals surface area contributed by atoms with E-state index >= 15 is 0 Å². The van der Waals surface area contributed by atoms with Crippen molar-refractivity contribution in [2.24, 2.45) is 0 Å². The number of amides is 1. The van der Waals surface area contributed by atoms with E-state index in [1.165, 1.54) is 0 Å². The molecule has 2 N–H and O–H groups in total. The van der Waals surface area contributed by atoms with E-state index in [4.69, 9.17) is 10.5 Å². The van der Waals surface area contributed by atoms with Crippen LogP contribution in [0.5, 0.6) is 5.75 Å². The molecule has 1 amide bonds. The summed E-state index contributed by atoms with van der Waals surface area (Å²) in [6.45, 7) is 0.760. The quantitative estimate of drug-likeness (QED) is 0.872. The van der Waals surface area contributed by atoms with E-state index < -0.39 is 0 Å². The molecule has 0 aromatic heterocycles. The molecule has 1 fully saturated rings. The van der Waals surface area contributed by atoms with Gasteiger partial charge in [0.05, 0.1) is 13.2 Å². The Labute approximate surface area is 142 Å². The van der Waals surface area contributed by atoms with Crippen molar-refractivity contribution < 1.29 is 9.53 Å². The number of methoxy groups -OCH3 is 1. The van der Waals surface area contributed by atoms with Gasteiger partial charge >= 0.3 is 0 Å². The highest BCUT2D eigenvalue weighted by atomic mass is 35.5. The number of carbonyl (C=O) groups is 1. The predicted octanol–water partition coefficient (Wildman–Crippen LogP) is 3.68. The van der Waals surface area contributed by atoms with E-state index in [9.17, 15) is 4.79 Å². The Hall–Kier alpha value is -2.20. The molecule has 3 rings (SSSR count). The lowest BCUT2D eigenvalue weighted by molar-refractivity contribution is 0.0734. The Morgan fingerprint density at radius 2 is 2.00 bits per heavy atom. The average Bonchev–Trinajstić information content (AvgIpc) is 3.03. The number of halogens is 1. The summed E-state index contributed by atoms with van der Waals surface area (Å²) in [5.41, 5.74) is 8.12. The number of likely N-dealkylation sites (tertiary alicyclic amines) is 1. The lowest BCUT2D eigenvalue weighted by Gasteiger charge is -2.26. The Morgan fingerprint density at radius 1 is 1.22 bits per heavy atom. The van der Waals surface area contributed by atoms with Crippen LogP contribution in [0, 0.1) is 0 Å². The fraction of sp³-hybridized carbons (Fsp3) is 0.278. The first-order valence-corrected chi connectivity index (χ1v) is 7.50. The second kappa shape index (κ2) is 7.38. The number of anilines is 1. The van der Waals surface area contributed by atoms with Crippen LogP contribution in [0.25, 0.3) is 0 Å². The van der Waals surface area contributed by atoms with E-state index in [0.717, 1.165) is 30.7 Å². The van der Waals surface area contributed by atoms with Gasteiger partial charge in [-0.25, -0.2) is 0 Å². The van der Waals surface area contributed by atoms with Gasteiger partial charge in [-0.1, -0.05) is 24.3 Å². The fourth-order valence-corrected chi connectivity index (χ4v) is 3.11. The van der Waals surface area contributed by atoms with Crippen LogP contribution < -0.4 is 10.5 Å². The van der Waals surface area contributed by atoms with Crippen LogP contribution in [-0.2, 0) is 0 Å². The van der Waals surface area contributed by atoms with Gasteiger partial charge in [-0.15, -0.1) is 12.4 Å². The van der Waals surface area contributed by atoms with E-state index in [1.54, 1.807) is 19.2 Å². The highest BCUT2D eigenvalue weighted by molar-refractivity contribution is 5.95. The number of para-hydroxylation sites is 1. The predicted molar refractivity (Wildman–Crippen MR) is 94.1 cm³/mol. The molecule has 122 valence electrons. The normalized spacial score (nSPS) is 16.7. The summed E-state index contributed by atoms with van der Waals surface area (Å²) in [4.78, 5) is 14.7. The van der Waals surface area contributed by atoms with Gasteiger partial charge in [0, 0.05) is 23.4 Å². The second-order valence-electron chi connectivity index (χ2n) is 5.52. The molecule has 2 aromatic rings. The molecule has 2 aromatic carbocycles. The zero-order valence-corrected chi connectivity index (χ0v) is 13.9. The molecule has 4 nitrogen and oxygen atoms in total. The van der Waals surface area contributed by atoms with Gasteiger partial charge < -0.3 is 15.4 Å². The van der Waals surface area contributed by atoms with Crippen LogP contribution >= 0.6 is 12.4 Å². The average molecular weight is 333 g/mol. The van der Waals surface area contributed by atoms with Crippen molar-refractivity contribution in [3.63, 3.8) is 0 Å². The van der Waals surface area contributed by atoms with Crippen LogP contribution in [0.2, 0.25) is 0 Å². The fourth-order valence-electron chi connectivity index (χ4n) is 3.11. The highest BCUT2D eigenvalue weighted by Crippen LogP contribution is 2.37. The molecule has 1 heterocycles. The van der Waals surface area contributed by atoms with Gasteiger partial charge in [0.2, 0.25) is 0 Å². The van der Waals surface area contributed by atoms with Gasteiger partial charge in [-0.3, -0.25) is 4.79 Å². The van der Waals surface area contributed by atoms with Gasteiger partial charge in [0.1, 0.15) is 5.75 Å². The summed E-state index contributed by atoms with van der Waals surface area (Å²) in [6, 6.07) is 15.1. The standard InChI is InChI=1S/C18H20N2O2.ClH/c1-22-17-10-3-2-8-15(17)16-9-5-11-20(16)18(21)13-6-4-7-14(19)12-13;/h2-4,6-8,10,12,16H,5,9,11,19H2,1H3;1H. The molecule has 0 saturated carbocycles. The van der Waals surface area contributed by atoms with E-state index in [0.29, 0.717) is 11.3 Å². The van der Waals surface area contributed by atoms with Crippen molar-refractivity contribution >= 4 is 24.0 Å². The third kappa shape index (κ3) is 3.42. The lowest BCUT2D eigenvalue weighted by Crippen LogP contribution is -2.30. The van der Waals surface area contributed by atoms with E-state index in [-0.39, 0.29) is 24.4 Å². The molecule has 1 aliphatic heterocycles. The molecule has 5 heteroatoms. The van der Waals surface area contributed by atoms with E-state index in [2.05, 4.69) is 0 Å². The summed E-state index contributed by atoms with van der Waals surface area (Å²) in [5.74, 6) is 0.862. The summed E-state index contributed by atoms with van der Waals surface area (Å²) >= 11 is 0. The summed E-state index contributed by atoms with van der Waals surface area (Å²) in [5, 5.41) is 0. The van der Waals surface area contributed by atoms with Crippen molar-refractivity contribution in [3.05, 3.63) is 59.7 Å². The molecule has 0 bridgehead atoms. The van der Waals surface area contributed by atoms with Gasteiger partial charge in [-0.2, -0.15) is 0 Å². The molecule has 0 aliphatic carbocycles. The number of nitrogens with zero attached hydrogens (tertiary/aromatic N) is 1. The van der Waals surface area contributed by atoms with Gasteiger partial charge in [-0.05, 0) is 37.1 Å². The highest BCUT2D eigenvalue weighted by Gasteiger charge is 2.32. The Kier molecular flexibility index (Phi) is 5.50. The van der Waals surface area contributed by atoms with E-state index in [1.807, 2.05) is 41.3 Å². The SMILES string of the molecule is COc1ccccc1C1CCCN1C(=O)c1cccc(N)c1.Cl. The molecule has 1 saturated heterocycles. The summed E-state index contributed by atoms with van der Waals surface area (Å²) in [6.07, 6.45) is 1.95. The number of rotatable bonds is 3. The monoisotopic (exact) mass is 332 g/mol. The van der Waals surface area contributed by atoms with Crippen molar-refractivity contribution in [2.45, 2.75) is 18.9 Å². The first-order valence-electron chi connectivity index (χ1n) is 7.50. The zero-order chi connectivity index (χ0) is 15.5. The molecule has 0 spiro atoms. The lowest BCUT2D eigenvalue weighted by atomic mass is 10.0. The van der Waals surface area contributed by atoms with Crippen molar-refractivity contribution in [1.82, 2.24) is 4.90 Å². The van der Waals surface area contributed by atoms with Gasteiger partial charge in [0.15, 0.2) is 0 Å². The van der Waals surface area contributed by atoms with Crippen LogP contribution in [0.4, 0.5) is 5.69 Å². The van der Waals surface area contributed by atoms with Crippen LogP contribution in [0.3, 0.4) is 0 Å². The maximum Gasteiger partial charge on any atom is 0.254 e. The summed E-state index contributed by atoms with van der Waals surface area (Å²) < 4.78 is 5.45. The van der Waals surface area contributed by atoms with Gasteiger partial charge in [0.25, 0.3) is 5.91 Å². The number of hydrogen-bond donors (Lipinski definition) is 1. The maximum atomic E-state index is 12.8. The Bertz CT molecular complexity index is 690. The molecular formula is C18H21ClN2O2. The van der Waals surface area contributed by atoms with Crippen LogP contribution in [-0.4, -0.2) is 24.5 Å².